The number of rotatable bonds is 3. The Kier molecular flexibility index (Phi) is 2.79. The third kappa shape index (κ3) is 2.22. The Morgan fingerprint density at radius 2 is 1.89 bits per heavy atom. The van der Waals surface area contributed by atoms with Crippen molar-refractivity contribution in [3.05, 3.63) is 54.7 Å². The molecule has 1 aromatic carbocycles. The van der Waals surface area contributed by atoms with Gasteiger partial charge in [0.2, 0.25) is 0 Å². The number of imidazole rings is 2. The van der Waals surface area contributed by atoms with Gasteiger partial charge in [0.05, 0.1) is 19.2 Å². The van der Waals surface area contributed by atoms with E-state index in [1.807, 2.05) is 40.6 Å². The molecule has 19 heavy (non-hydrogen) atoms. The van der Waals surface area contributed by atoms with Crippen molar-refractivity contribution in [1.82, 2.24) is 19.1 Å². The monoisotopic (exact) mass is 253 g/mol. The summed E-state index contributed by atoms with van der Waals surface area (Å²) in [6.07, 6.45) is 5.41. The van der Waals surface area contributed by atoms with E-state index in [2.05, 4.69) is 22.1 Å². The molecule has 0 bridgehead atoms. The first kappa shape index (κ1) is 11.5. The lowest BCUT2D eigenvalue weighted by Gasteiger charge is -2.05. The molecule has 0 radical (unpaired) electrons. The first-order valence-electron chi connectivity index (χ1n) is 6.07. The van der Waals surface area contributed by atoms with Crippen molar-refractivity contribution in [2.45, 2.75) is 6.54 Å². The van der Waals surface area contributed by atoms with Gasteiger partial charge in [-0.15, -0.1) is 0 Å². The summed E-state index contributed by atoms with van der Waals surface area (Å²) in [4.78, 5) is 8.63. The van der Waals surface area contributed by atoms with Gasteiger partial charge in [0, 0.05) is 13.2 Å². The van der Waals surface area contributed by atoms with Crippen molar-refractivity contribution in [2.75, 3.05) is 5.73 Å². The zero-order valence-corrected chi connectivity index (χ0v) is 10.7. The predicted molar refractivity (Wildman–Crippen MR) is 74.4 cm³/mol. The van der Waals surface area contributed by atoms with Crippen molar-refractivity contribution >= 4 is 5.82 Å². The summed E-state index contributed by atoms with van der Waals surface area (Å²) in [5, 5.41) is 0. The van der Waals surface area contributed by atoms with Gasteiger partial charge in [-0.25, -0.2) is 9.97 Å². The molecule has 0 amide bonds. The summed E-state index contributed by atoms with van der Waals surface area (Å²) in [6, 6.07) is 10.2. The summed E-state index contributed by atoms with van der Waals surface area (Å²) < 4.78 is 3.81. The predicted octanol–water partition coefficient (Wildman–Crippen LogP) is 1.91. The van der Waals surface area contributed by atoms with Crippen LogP contribution in [0, 0.1) is 0 Å². The molecule has 3 aromatic rings. The van der Waals surface area contributed by atoms with E-state index in [1.54, 1.807) is 12.7 Å². The second kappa shape index (κ2) is 4.61. The molecule has 2 heterocycles. The van der Waals surface area contributed by atoms with Gasteiger partial charge < -0.3 is 14.9 Å². The molecule has 0 fully saturated rings. The second-order valence-corrected chi connectivity index (χ2v) is 4.52. The number of aromatic nitrogens is 4. The van der Waals surface area contributed by atoms with Crippen LogP contribution < -0.4 is 5.73 Å². The second-order valence-electron chi connectivity index (χ2n) is 4.52. The molecule has 0 aliphatic rings. The number of benzene rings is 1. The lowest BCUT2D eigenvalue weighted by molar-refractivity contribution is 0.808. The quantitative estimate of drug-likeness (QED) is 0.775. The molecule has 0 saturated carbocycles. The van der Waals surface area contributed by atoms with Gasteiger partial charge in [-0.05, 0) is 5.56 Å². The molecule has 2 aromatic heterocycles. The molecule has 0 aliphatic carbocycles. The fourth-order valence-corrected chi connectivity index (χ4v) is 2.03. The van der Waals surface area contributed by atoms with Crippen LogP contribution in [0.15, 0.2) is 49.2 Å². The van der Waals surface area contributed by atoms with Crippen LogP contribution in [-0.2, 0) is 13.6 Å². The average Bonchev–Trinajstić information content (AvgIpc) is 2.99. The lowest BCUT2D eigenvalue weighted by Crippen LogP contribution is -2.03. The summed E-state index contributed by atoms with van der Waals surface area (Å²) in [6.45, 7) is 0.715. The van der Waals surface area contributed by atoms with E-state index < -0.39 is 0 Å². The van der Waals surface area contributed by atoms with E-state index in [-0.39, 0.29) is 0 Å². The highest BCUT2D eigenvalue weighted by Gasteiger charge is 2.12. The Morgan fingerprint density at radius 3 is 2.58 bits per heavy atom. The van der Waals surface area contributed by atoms with Crippen molar-refractivity contribution in [1.29, 1.82) is 0 Å². The standard InChI is InChI=1S/C14H15N5/c1-18-8-12(16-9-18)13-14(15)19(10-17-13)7-11-5-3-2-4-6-11/h2-6,8-10H,7,15H2,1H3. The maximum absolute atomic E-state index is 6.14. The minimum Gasteiger partial charge on any atom is -0.383 e. The molecule has 0 unspecified atom stereocenters. The summed E-state index contributed by atoms with van der Waals surface area (Å²) >= 11 is 0. The number of hydrogen-bond acceptors (Lipinski definition) is 3. The van der Waals surface area contributed by atoms with Crippen molar-refractivity contribution < 1.29 is 0 Å². The number of nitrogens with zero attached hydrogens (tertiary/aromatic N) is 4. The van der Waals surface area contributed by atoms with Crippen LogP contribution in [0.3, 0.4) is 0 Å². The van der Waals surface area contributed by atoms with Gasteiger partial charge in [0.1, 0.15) is 17.2 Å². The van der Waals surface area contributed by atoms with Gasteiger partial charge in [0.25, 0.3) is 0 Å². The Labute approximate surface area is 111 Å². The third-order valence-electron chi connectivity index (χ3n) is 3.02. The van der Waals surface area contributed by atoms with Gasteiger partial charge in [-0.3, -0.25) is 0 Å². The zero-order chi connectivity index (χ0) is 13.2. The SMILES string of the molecule is Cn1cnc(-c2ncn(Cc3ccccc3)c2N)c1. The Bertz CT molecular complexity index is 681. The van der Waals surface area contributed by atoms with Gasteiger partial charge in [-0.2, -0.15) is 0 Å². The number of hydrogen-bond donors (Lipinski definition) is 1. The minimum absolute atomic E-state index is 0.641. The van der Waals surface area contributed by atoms with Crippen molar-refractivity contribution in [2.24, 2.45) is 7.05 Å². The number of nitrogen functional groups attached to an aromatic ring is 1. The largest absolute Gasteiger partial charge is 0.383 e. The number of nitrogens with two attached hydrogens (primary N) is 1. The Morgan fingerprint density at radius 1 is 1.11 bits per heavy atom. The highest BCUT2D eigenvalue weighted by atomic mass is 15.1. The van der Waals surface area contributed by atoms with Crippen LogP contribution in [0.25, 0.3) is 11.4 Å². The smallest absolute Gasteiger partial charge is 0.133 e. The van der Waals surface area contributed by atoms with Gasteiger partial charge in [-0.1, -0.05) is 30.3 Å². The van der Waals surface area contributed by atoms with Crippen LogP contribution in [0.5, 0.6) is 0 Å². The van der Waals surface area contributed by atoms with Crippen molar-refractivity contribution in [3.8, 4) is 11.4 Å². The Hall–Kier alpha value is -2.56. The maximum atomic E-state index is 6.14. The first-order valence-corrected chi connectivity index (χ1v) is 6.07. The average molecular weight is 253 g/mol. The maximum Gasteiger partial charge on any atom is 0.133 e. The number of anilines is 1. The molecular formula is C14H15N5. The first-order chi connectivity index (χ1) is 9.24. The topological polar surface area (TPSA) is 61.7 Å². The van der Waals surface area contributed by atoms with Crippen molar-refractivity contribution in [3.63, 3.8) is 0 Å². The summed E-state index contributed by atoms with van der Waals surface area (Å²) in [7, 11) is 1.92. The molecule has 96 valence electrons. The Balaban J connectivity index is 1.91. The molecule has 0 spiro atoms. The minimum atomic E-state index is 0.641. The van der Waals surface area contributed by atoms with Crippen LogP contribution in [0.1, 0.15) is 5.56 Å². The van der Waals surface area contributed by atoms with E-state index in [1.165, 1.54) is 5.56 Å². The normalized spacial score (nSPS) is 10.8. The van der Waals surface area contributed by atoms with Gasteiger partial charge >= 0.3 is 0 Å². The molecule has 3 rings (SSSR count). The third-order valence-corrected chi connectivity index (χ3v) is 3.02. The van der Waals surface area contributed by atoms with Gasteiger partial charge in [0.15, 0.2) is 0 Å². The highest BCUT2D eigenvalue weighted by Crippen LogP contribution is 2.22. The molecule has 2 N–H and O–H groups in total. The number of aryl methyl sites for hydroxylation is 1. The zero-order valence-electron chi connectivity index (χ0n) is 10.7. The van der Waals surface area contributed by atoms with E-state index in [9.17, 15) is 0 Å². The molecule has 0 saturated heterocycles. The fraction of sp³-hybridized carbons (Fsp3) is 0.143. The molecule has 5 heteroatoms. The molecule has 0 aliphatic heterocycles. The van der Waals surface area contributed by atoms with Crippen LogP contribution in [0.2, 0.25) is 0 Å². The van der Waals surface area contributed by atoms with Crippen LogP contribution in [-0.4, -0.2) is 19.1 Å². The molecule has 5 nitrogen and oxygen atoms in total. The molecule has 0 atom stereocenters. The van der Waals surface area contributed by atoms with E-state index in [0.717, 1.165) is 11.4 Å². The van der Waals surface area contributed by atoms with E-state index in [0.29, 0.717) is 12.4 Å². The summed E-state index contributed by atoms with van der Waals surface area (Å²) in [5.74, 6) is 0.641. The van der Waals surface area contributed by atoms with E-state index >= 15 is 0 Å². The molecular weight excluding hydrogens is 238 g/mol. The summed E-state index contributed by atoms with van der Waals surface area (Å²) in [5.41, 5.74) is 8.87. The van der Waals surface area contributed by atoms with Crippen LogP contribution in [0.4, 0.5) is 5.82 Å². The van der Waals surface area contributed by atoms with E-state index in [4.69, 9.17) is 5.73 Å². The highest BCUT2D eigenvalue weighted by molar-refractivity contribution is 5.66. The lowest BCUT2D eigenvalue weighted by atomic mass is 10.2. The fourth-order valence-electron chi connectivity index (χ4n) is 2.03. The van der Waals surface area contributed by atoms with Crippen LogP contribution >= 0.6 is 0 Å².